The van der Waals surface area contributed by atoms with E-state index in [1.165, 1.54) is 5.56 Å². The maximum Gasteiger partial charge on any atom is 0.0522 e. The number of aryl methyl sites for hydroxylation is 1. The maximum atomic E-state index is 4.28. The number of rotatable bonds is 4. The van der Waals surface area contributed by atoms with Gasteiger partial charge in [-0.3, -0.25) is 9.58 Å². The molecule has 0 radical (unpaired) electrons. The molecule has 4 heteroatoms. The normalized spacial score (nSPS) is 24.7. The van der Waals surface area contributed by atoms with E-state index < -0.39 is 0 Å². The standard InChI is InChI=1S/C17H32N4/c1-13(2)15-12-21(16(10-18-15)17(3,4)5)8-7-14-9-19-20(6)11-14/h9,11,13,15-16,18H,7-8,10,12H2,1-6H3. The monoisotopic (exact) mass is 292 g/mol. The summed E-state index contributed by atoms with van der Waals surface area (Å²) in [5.41, 5.74) is 1.65. The molecular formula is C17H32N4. The molecule has 21 heavy (non-hydrogen) atoms. The van der Waals surface area contributed by atoms with E-state index in [9.17, 15) is 0 Å². The van der Waals surface area contributed by atoms with Crippen molar-refractivity contribution in [2.45, 2.75) is 53.1 Å². The number of hydrogen-bond acceptors (Lipinski definition) is 3. The Morgan fingerprint density at radius 2 is 2.10 bits per heavy atom. The molecule has 120 valence electrons. The first-order chi connectivity index (χ1) is 9.77. The molecule has 1 aliphatic heterocycles. The fourth-order valence-corrected chi connectivity index (χ4v) is 3.26. The quantitative estimate of drug-likeness (QED) is 0.924. The molecule has 2 atom stereocenters. The van der Waals surface area contributed by atoms with Gasteiger partial charge in [-0.15, -0.1) is 0 Å². The van der Waals surface area contributed by atoms with E-state index >= 15 is 0 Å². The lowest BCUT2D eigenvalue weighted by Gasteiger charge is -2.47. The van der Waals surface area contributed by atoms with E-state index in [0.29, 0.717) is 23.4 Å². The Labute approximate surface area is 129 Å². The SMILES string of the molecule is CC(C)C1CN(CCc2cnn(C)c2)C(C(C)(C)C)CN1. The Morgan fingerprint density at radius 1 is 1.38 bits per heavy atom. The van der Waals surface area contributed by atoms with Crippen molar-refractivity contribution < 1.29 is 0 Å². The molecule has 0 amide bonds. The topological polar surface area (TPSA) is 33.1 Å². The summed E-state index contributed by atoms with van der Waals surface area (Å²) in [6, 6.07) is 1.21. The Hall–Kier alpha value is -0.870. The molecule has 2 unspecified atom stereocenters. The van der Waals surface area contributed by atoms with Crippen LogP contribution in [0.2, 0.25) is 0 Å². The Kier molecular flexibility index (Phi) is 5.10. The van der Waals surface area contributed by atoms with Crippen LogP contribution in [-0.2, 0) is 13.5 Å². The third-order valence-corrected chi connectivity index (χ3v) is 4.70. The molecular weight excluding hydrogens is 260 g/mol. The minimum atomic E-state index is 0.309. The van der Waals surface area contributed by atoms with Crippen LogP contribution in [0.25, 0.3) is 0 Å². The number of nitrogens with one attached hydrogen (secondary N) is 1. The minimum Gasteiger partial charge on any atom is -0.311 e. The molecule has 2 rings (SSSR count). The molecule has 0 bridgehead atoms. The molecule has 4 nitrogen and oxygen atoms in total. The van der Waals surface area contributed by atoms with Gasteiger partial charge in [0.2, 0.25) is 0 Å². The van der Waals surface area contributed by atoms with Gasteiger partial charge in [-0.1, -0.05) is 34.6 Å². The van der Waals surface area contributed by atoms with Crippen molar-refractivity contribution in [2.24, 2.45) is 18.4 Å². The first-order valence-electron chi connectivity index (χ1n) is 8.22. The minimum absolute atomic E-state index is 0.309. The van der Waals surface area contributed by atoms with Gasteiger partial charge in [0.1, 0.15) is 0 Å². The zero-order chi connectivity index (χ0) is 15.6. The van der Waals surface area contributed by atoms with Gasteiger partial charge in [-0.05, 0) is 23.3 Å². The van der Waals surface area contributed by atoms with Crippen molar-refractivity contribution in [1.82, 2.24) is 20.0 Å². The second-order valence-corrected chi connectivity index (χ2v) is 7.91. The third-order valence-electron chi connectivity index (χ3n) is 4.70. The van der Waals surface area contributed by atoms with Gasteiger partial charge < -0.3 is 5.32 Å². The van der Waals surface area contributed by atoms with Gasteiger partial charge in [0, 0.05) is 45.0 Å². The van der Waals surface area contributed by atoms with Crippen molar-refractivity contribution in [3.8, 4) is 0 Å². The van der Waals surface area contributed by atoms with Crippen LogP contribution in [0.15, 0.2) is 12.4 Å². The van der Waals surface area contributed by atoms with Crippen LogP contribution in [0.3, 0.4) is 0 Å². The predicted octanol–water partition coefficient (Wildman–Crippen LogP) is 2.31. The third kappa shape index (κ3) is 4.30. The molecule has 2 heterocycles. The number of aromatic nitrogens is 2. The average molecular weight is 292 g/mol. The van der Waals surface area contributed by atoms with Crippen molar-refractivity contribution in [1.29, 1.82) is 0 Å². The van der Waals surface area contributed by atoms with E-state index in [1.807, 2.05) is 17.9 Å². The number of piperazine rings is 1. The number of hydrogen-bond donors (Lipinski definition) is 1. The highest BCUT2D eigenvalue weighted by molar-refractivity contribution is 5.05. The fraction of sp³-hybridized carbons (Fsp3) is 0.824. The lowest BCUT2D eigenvalue weighted by Crippen LogP contribution is -2.62. The highest BCUT2D eigenvalue weighted by atomic mass is 15.3. The Morgan fingerprint density at radius 3 is 2.62 bits per heavy atom. The molecule has 1 aromatic rings. The molecule has 1 fully saturated rings. The van der Waals surface area contributed by atoms with Gasteiger partial charge in [0.15, 0.2) is 0 Å². The van der Waals surface area contributed by atoms with Crippen LogP contribution in [-0.4, -0.2) is 46.4 Å². The van der Waals surface area contributed by atoms with Crippen molar-refractivity contribution in [3.05, 3.63) is 18.0 Å². The van der Waals surface area contributed by atoms with Crippen molar-refractivity contribution in [2.75, 3.05) is 19.6 Å². The van der Waals surface area contributed by atoms with Crippen LogP contribution in [0.5, 0.6) is 0 Å². The van der Waals surface area contributed by atoms with E-state index in [-0.39, 0.29) is 0 Å². The van der Waals surface area contributed by atoms with Gasteiger partial charge >= 0.3 is 0 Å². The molecule has 0 aliphatic carbocycles. The van der Waals surface area contributed by atoms with Crippen molar-refractivity contribution >= 4 is 0 Å². The number of nitrogens with zero attached hydrogens (tertiary/aromatic N) is 3. The predicted molar refractivity (Wildman–Crippen MR) is 88.4 cm³/mol. The first-order valence-corrected chi connectivity index (χ1v) is 8.22. The zero-order valence-corrected chi connectivity index (χ0v) is 14.6. The zero-order valence-electron chi connectivity index (χ0n) is 14.6. The van der Waals surface area contributed by atoms with Gasteiger partial charge in [-0.25, -0.2) is 0 Å². The van der Waals surface area contributed by atoms with E-state index in [4.69, 9.17) is 0 Å². The molecule has 1 N–H and O–H groups in total. The summed E-state index contributed by atoms with van der Waals surface area (Å²) < 4.78 is 1.89. The fourth-order valence-electron chi connectivity index (χ4n) is 3.26. The first kappa shape index (κ1) is 16.5. The summed E-state index contributed by atoms with van der Waals surface area (Å²) in [7, 11) is 1.99. The van der Waals surface area contributed by atoms with Gasteiger partial charge in [-0.2, -0.15) is 5.10 Å². The molecule has 1 aromatic heterocycles. The van der Waals surface area contributed by atoms with E-state index in [1.54, 1.807) is 0 Å². The summed E-state index contributed by atoms with van der Waals surface area (Å²) >= 11 is 0. The summed E-state index contributed by atoms with van der Waals surface area (Å²) in [5.74, 6) is 0.687. The second-order valence-electron chi connectivity index (χ2n) is 7.91. The highest BCUT2D eigenvalue weighted by Gasteiger charge is 2.35. The highest BCUT2D eigenvalue weighted by Crippen LogP contribution is 2.27. The summed E-state index contributed by atoms with van der Waals surface area (Å²) in [6.07, 6.45) is 5.22. The van der Waals surface area contributed by atoms with Crippen LogP contribution in [0, 0.1) is 11.3 Å². The average Bonchev–Trinajstić information content (AvgIpc) is 2.80. The smallest absolute Gasteiger partial charge is 0.0522 e. The Balaban J connectivity index is 2.02. The molecule has 0 spiro atoms. The summed E-state index contributed by atoms with van der Waals surface area (Å²) in [4.78, 5) is 2.69. The van der Waals surface area contributed by atoms with Crippen LogP contribution >= 0.6 is 0 Å². The van der Waals surface area contributed by atoms with E-state index in [0.717, 1.165) is 26.1 Å². The van der Waals surface area contributed by atoms with Crippen LogP contribution < -0.4 is 5.32 Å². The maximum absolute atomic E-state index is 4.28. The largest absolute Gasteiger partial charge is 0.311 e. The molecule has 1 aliphatic rings. The summed E-state index contributed by atoms with van der Waals surface area (Å²) in [5, 5.41) is 8.03. The van der Waals surface area contributed by atoms with Crippen LogP contribution in [0.1, 0.15) is 40.2 Å². The Bertz CT molecular complexity index is 444. The molecule has 1 saturated heterocycles. The van der Waals surface area contributed by atoms with Crippen LogP contribution in [0.4, 0.5) is 0 Å². The van der Waals surface area contributed by atoms with Gasteiger partial charge in [0.25, 0.3) is 0 Å². The lowest BCUT2D eigenvalue weighted by atomic mass is 9.83. The molecule has 0 saturated carbocycles. The van der Waals surface area contributed by atoms with E-state index in [2.05, 4.69) is 56.1 Å². The summed E-state index contributed by atoms with van der Waals surface area (Å²) in [6.45, 7) is 15.1. The van der Waals surface area contributed by atoms with Gasteiger partial charge in [0.05, 0.1) is 6.20 Å². The van der Waals surface area contributed by atoms with Crippen molar-refractivity contribution in [3.63, 3.8) is 0 Å². The second kappa shape index (κ2) is 6.49. The molecule has 0 aromatic carbocycles. The lowest BCUT2D eigenvalue weighted by molar-refractivity contribution is 0.0471.